The van der Waals surface area contributed by atoms with Gasteiger partial charge in [0.15, 0.2) is 6.79 Å². The molecule has 4 nitrogen and oxygen atoms in total. The number of carbonyl (C=O) groups excluding carboxylic acids is 1. The Bertz CT molecular complexity index is 368. The first-order valence-corrected chi connectivity index (χ1v) is 5.21. The van der Waals surface area contributed by atoms with E-state index in [1.807, 2.05) is 30.3 Å². The van der Waals surface area contributed by atoms with E-state index in [1.165, 1.54) is 7.11 Å². The molecule has 0 aliphatic carbocycles. The van der Waals surface area contributed by atoms with Crippen LogP contribution in [0.15, 0.2) is 30.3 Å². The molecule has 0 radical (unpaired) electrons. The summed E-state index contributed by atoms with van der Waals surface area (Å²) in [6, 6.07) is 7.49. The summed E-state index contributed by atoms with van der Waals surface area (Å²) < 4.78 is 14.6. The monoisotopic (exact) mass is 236 g/mol. The topological polar surface area (TPSA) is 44.8 Å². The molecule has 0 amide bonds. The summed E-state index contributed by atoms with van der Waals surface area (Å²) in [5, 5.41) is 0. The van der Waals surface area contributed by atoms with Crippen LogP contribution in [0.1, 0.15) is 12.0 Å². The fourth-order valence-electron chi connectivity index (χ4n) is 1.18. The molecule has 0 saturated heterocycles. The lowest BCUT2D eigenvalue weighted by Gasteiger charge is -2.04. The number of methoxy groups -OCH3 is 2. The molecule has 17 heavy (non-hydrogen) atoms. The Balaban J connectivity index is 2.47. The van der Waals surface area contributed by atoms with Crippen LogP contribution in [0.3, 0.4) is 0 Å². The van der Waals surface area contributed by atoms with Crippen molar-refractivity contribution >= 4 is 12.0 Å². The quantitative estimate of drug-likeness (QED) is 0.561. The minimum absolute atomic E-state index is 0.234. The van der Waals surface area contributed by atoms with Gasteiger partial charge in [0.25, 0.3) is 0 Å². The van der Waals surface area contributed by atoms with Crippen LogP contribution in [0.25, 0.3) is 6.08 Å². The normalized spacial score (nSPS) is 10.5. The molecule has 0 atom stereocenters. The van der Waals surface area contributed by atoms with Crippen LogP contribution in [0, 0.1) is 0 Å². The summed E-state index contributed by atoms with van der Waals surface area (Å²) in [6.07, 6.45) is 3.90. The zero-order valence-electron chi connectivity index (χ0n) is 10.0. The van der Waals surface area contributed by atoms with Crippen LogP contribution in [-0.2, 0) is 14.3 Å². The molecule has 0 aliphatic heterocycles. The molecule has 0 bridgehead atoms. The van der Waals surface area contributed by atoms with Crippen molar-refractivity contribution in [3.8, 4) is 5.75 Å². The van der Waals surface area contributed by atoms with Gasteiger partial charge in [-0.3, -0.25) is 4.79 Å². The van der Waals surface area contributed by atoms with Gasteiger partial charge in [0.2, 0.25) is 0 Å². The van der Waals surface area contributed by atoms with Crippen molar-refractivity contribution in [2.24, 2.45) is 0 Å². The SMILES string of the molecule is COCOc1ccc(/C=C/CC(=O)OC)cc1. The zero-order valence-corrected chi connectivity index (χ0v) is 10.0. The molecule has 0 fully saturated rings. The second kappa shape index (κ2) is 7.46. The first-order chi connectivity index (χ1) is 8.26. The second-order valence-corrected chi connectivity index (χ2v) is 3.30. The number of benzene rings is 1. The molecule has 0 saturated carbocycles. The van der Waals surface area contributed by atoms with Crippen molar-refractivity contribution < 1.29 is 19.0 Å². The molecule has 92 valence electrons. The van der Waals surface area contributed by atoms with Crippen LogP contribution in [0.5, 0.6) is 5.75 Å². The van der Waals surface area contributed by atoms with Crippen molar-refractivity contribution in [1.82, 2.24) is 0 Å². The van der Waals surface area contributed by atoms with Crippen molar-refractivity contribution in [1.29, 1.82) is 0 Å². The van der Waals surface area contributed by atoms with Crippen LogP contribution >= 0.6 is 0 Å². The Morgan fingerprint density at radius 1 is 1.24 bits per heavy atom. The number of carbonyl (C=O) groups is 1. The lowest BCUT2D eigenvalue weighted by molar-refractivity contribution is -0.139. The lowest BCUT2D eigenvalue weighted by Crippen LogP contribution is -1.98. The first kappa shape index (κ1) is 13.3. The number of hydrogen-bond acceptors (Lipinski definition) is 4. The van der Waals surface area contributed by atoms with Gasteiger partial charge in [-0.1, -0.05) is 24.3 Å². The standard InChI is InChI=1S/C13H16O4/c1-15-10-17-12-8-6-11(7-9-12)4-3-5-13(14)16-2/h3-4,6-9H,5,10H2,1-2H3/b4-3+. The highest BCUT2D eigenvalue weighted by molar-refractivity contribution is 5.72. The Morgan fingerprint density at radius 2 is 1.94 bits per heavy atom. The maximum absolute atomic E-state index is 10.9. The van der Waals surface area contributed by atoms with Crippen molar-refractivity contribution in [2.45, 2.75) is 6.42 Å². The highest BCUT2D eigenvalue weighted by Gasteiger charge is 1.95. The number of rotatable bonds is 6. The molecule has 4 heteroatoms. The molecule has 1 rings (SSSR count). The molecule has 0 unspecified atom stereocenters. The molecular formula is C13H16O4. The maximum Gasteiger partial charge on any atom is 0.309 e. The molecule has 1 aromatic rings. The van der Waals surface area contributed by atoms with E-state index in [2.05, 4.69) is 4.74 Å². The van der Waals surface area contributed by atoms with E-state index in [1.54, 1.807) is 13.2 Å². The van der Waals surface area contributed by atoms with E-state index < -0.39 is 0 Å². The predicted molar refractivity (Wildman–Crippen MR) is 64.6 cm³/mol. The fraction of sp³-hybridized carbons (Fsp3) is 0.308. The van der Waals surface area contributed by atoms with Gasteiger partial charge < -0.3 is 14.2 Å². The van der Waals surface area contributed by atoms with Gasteiger partial charge in [0.1, 0.15) is 5.75 Å². The van der Waals surface area contributed by atoms with Gasteiger partial charge in [-0.25, -0.2) is 0 Å². The van der Waals surface area contributed by atoms with E-state index in [0.29, 0.717) is 0 Å². The van der Waals surface area contributed by atoms with E-state index in [9.17, 15) is 4.79 Å². The smallest absolute Gasteiger partial charge is 0.309 e. The third-order valence-corrected chi connectivity index (χ3v) is 2.05. The molecule has 0 heterocycles. The highest BCUT2D eigenvalue weighted by Crippen LogP contribution is 2.13. The third-order valence-electron chi connectivity index (χ3n) is 2.05. The fourth-order valence-corrected chi connectivity index (χ4v) is 1.18. The van der Waals surface area contributed by atoms with Gasteiger partial charge in [0.05, 0.1) is 13.5 Å². The highest BCUT2D eigenvalue weighted by atomic mass is 16.7. The van der Waals surface area contributed by atoms with E-state index in [4.69, 9.17) is 9.47 Å². The Morgan fingerprint density at radius 3 is 2.53 bits per heavy atom. The van der Waals surface area contributed by atoms with E-state index >= 15 is 0 Å². The van der Waals surface area contributed by atoms with Gasteiger partial charge in [-0.05, 0) is 17.7 Å². The van der Waals surface area contributed by atoms with E-state index in [-0.39, 0.29) is 19.2 Å². The van der Waals surface area contributed by atoms with Crippen molar-refractivity contribution in [3.63, 3.8) is 0 Å². The van der Waals surface area contributed by atoms with E-state index in [0.717, 1.165) is 11.3 Å². The molecule has 0 aliphatic rings. The first-order valence-electron chi connectivity index (χ1n) is 5.21. The molecule has 0 aromatic heterocycles. The Hall–Kier alpha value is -1.81. The van der Waals surface area contributed by atoms with Crippen molar-refractivity contribution in [2.75, 3.05) is 21.0 Å². The molecule has 0 N–H and O–H groups in total. The maximum atomic E-state index is 10.9. The van der Waals surface area contributed by atoms with Gasteiger partial charge in [-0.2, -0.15) is 0 Å². The average Bonchev–Trinajstić information content (AvgIpc) is 2.37. The number of ether oxygens (including phenoxy) is 3. The zero-order chi connectivity index (χ0) is 12.5. The second-order valence-electron chi connectivity index (χ2n) is 3.30. The minimum Gasteiger partial charge on any atom is -0.469 e. The summed E-state index contributed by atoms with van der Waals surface area (Å²) in [6.45, 7) is 0.234. The molecule has 1 aromatic carbocycles. The van der Waals surface area contributed by atoms with Crippen LogP contribution in [-0.4, -0.2) is 27.0 Å². The van der Waals surface area contributed by atoms with Crippen molar-refractivity contribution in [3.05, 3.63) is 35.9 Å². The summed E-state index contributed by atoms with van der Waals surface area (Å²) in [4.78, 5) is 10.9. The molecule has 0 spiro atoms. The average molecular weight is 236 g/mol. The lowest BCUT2D eigenvalue weighted by atomic mass is 10.2. The third kappa shape index (κ3) is 5.17. The summed E-state index contributed by atoms with van der Waals surface area (Å²) in [5.41, 5.74) is 0.999. The van der Waals surface area contributed by atoms with Crippen LogP contribution < -0.4 is 4.74 Å². The largest absolute Gasteiger partial charge is 0.469 e. The van der Waals surface area contributed by atoms with Gasteiger partial charge in [0, 0.05) is 7.11 Å². The van der Waals surface area contributed by atoms with Crippen LogP contribution in [0.2, 0.25) is 0 Å². The summed E-state index contributed by atoms with van der Waals surface area (Å²) in [5.74, 6) is 0.498. The minimum atomic E-state index is -0.249. The van der Waals surface area contributed by atoms with Crippen LogP contribution in [0.4, 0.5) is 0 Å². The molecular weight excluding hydrogens is 220 g/mol. The van der Waals surface area contributed by atoms with Gasteiger partial charge in [-0.15, -0.1) is 0 Å². The summed E-state index contributed by atoms with van der Waals surface area (Å²) >= 11 is 0. The Labute approximate surface area is 101 Å². The predicted octanol–water partition coefficient (Wildman–Crippen LogP) is 2.25. The summed E-state index contributed by atoms with van der Waals surface area (Å²) in [7, 11) is 2.95. The number of esters is 1. The van der Waals surface area contributed by atoms with Gasteiger partial charge >= 0.3 is 5.97 Å². The number of hydrogen-bond donors (Lipinski definition) is 0. The Kier molecular flexibility index (Phi) is 5.82.